The summed E-state index contributed by atoms with van der Waals surface area (Å²) >= 11 is 0. The third-order valence-electron chi connectivity index (χ3n) is 5.76. The first kappa shape index (κ1) is 21.2. The molecule has 2 heterocycles. The second-order valence-electron chi connectivity index (χ2n) is 7.89. The maximum atomic E-state index is 13.2. The van der Waals surface area contributed by atoms with Gasteiger partial charge in [-0.25, -0.2) is 0 Å². The molecule has 6 nitrogen and oxygen atoms in total. The van der Waals surface area contributed by atoms with Gasteiger partial charge in [-0.05, 0) is 56.6 Å². The number of rotatable bonds is 10. The molecule has 3 rings (SSSR count). The highest BCUT2D eigenvalue weighted by molar-refractivity contribution is 5.82. The Morgan fingerprint density at radius 3 is 2.89 bits per heavy atom. The van der Waals surface area contributed by atoms with Crippen molar-refractivity contribution in [3.8, 4) is 0 Å². The molecule has 28 heavy (non-hydrogen) atoms. The van der Waals surface area contributed by atoms with Crippen LogP contribution in [0.3, 0.4) is 0 Å². The number of carbonyl (C=O) groups is 1. The van der Waals surface area contributed by atoms with E-state index in [2.05, 4.69) is 30.1 Å². The van der Waals surface area contributed by atoms with Gasteiger partial charge in [-0.15, -0.1) is 0 Å². The summed E-state index contributed by atoms with van der Waals surface area (Å²) in [5, 5.41) is 3.27. The lowest BCUT2D eigenvalue weighted by molar-refractivity contribution is -0.148. The van der Waals surface area contributed by atoms with Crippen molar-refractivity contribution in [1.82, 2.24) is 15.2 Å². The molecule has 2 atom stereocenters. The van der Waals surface area contributed by atoms with E-state index in [1.54, 1.807) is 7.11 Å². The topological polar surface area (TPSA) is 63.7 Å². The molecular weight excluding hydrogens is 354 g/mol. The quantitative estimate of drug-likeness (QED) is 0.623. The van der Waals surface area contributed by atoms with Gasteiger partial charge >= 0.3 is 0 Å². The van der Waals surface area contributed by atoms with E-state index >= 15 is 0 Å². The van der Waals surface area contributed by atoms with Crippen LogP contribution in [0.15, 0.2) is 12.3 Å². The van der Waals surface area contributed by atoms with Gasteiger partial charge in [0.2, 0.25) is 0 Å². The third-order valence-corrected chi connectivity index (χ3v) is 5.76. The molecule has 1 saturated carbocycles. The molecule has 1 aromatic rings. The maximum Gasteiger partial charge on any atom is 0.253 e. The second-order valence-corrected chi connectivity index (χ2v) is 7.89. The van der Waals surface area contributed by atoms with Crippen LogP contribution in [0.4, 0.5) is 0 Å². The summed E-state index contributed by atoms with van der Waals surface area (Å²) in [5.41, 5.74) is 3.60. The van der Waals surface area contributed by atoms with Crippen LogP contribution in [0.25, 0.3) is 0 Å². The molecule has 0 radical (unpaired) electrons. The molecule has 2 fully saturated rings. The van der Waals surface area contributed by atoms with Gasteiger partial charge in [0.05, 0.1) is 12.6 Å². The number of aryl methyl sites for hydroxylation is 2. The Kier molecular flexibility index (Phi) is 7.82. The maximum absolute atomic E-state index is 13.2. The fourth-order valence-corrected chi connectivity index (χ4v) is 3.97. The van der Waals surface area contributed by atoms with Gasteiger partial charge in [-0.2, -0.15) is 0 Å². The van der Waals surface area contributed by atoms with Gasteiger partial charge in [0.25, 0.3) is 5.91 Å². The predicted octanol–water partition coefficient (Wildman–Crippen LogP) is 2.65. The highest BCUT2D eigenvalue weighted by Crippen LogP contribution is 2.35. The number of methoxy groups -OCH3 is 1. The minimum Gasteiger partial charge on any atom is -0.385 e. The molecule has 6 heteroatoms. The number of ether oxygens (including phenoxy) is 2. The van der Waals surface area contributed by atoms with Crippen molar-refractivity contribution < 1.29 is 14.3 Å². The predicted molar refractivity (Wildman–Crippen MR) is 109 cm³/mol. The summed E-state index contributed by atoms with van der Waals surface area (Å²) in [7, 11) is 1.75. The minimum atomic E-state index is -0.367. The number of hydrogen-bond acceptors (Lipinski definition) is 5. The lowest BCUT2D eigenvalue weighted by atomic mass is 9.99. The summed E-state index contributed by atoms with van der Waals surface area (Å²) in [6.45, 7) is 7.09. The average molecular weight is 390 g/mol. The van der Waals surface area contributed by atoms with E-state index < -0.39 is 0 Å². The molecule has 2 aliphatic rings. The fourth-order valence-electron chi connectivity index (χ4n) is 3.97. The number of carbonyl (C=O) groups excluding carboxylic acids is 1. The van der Waals surface area contributed by atoms with Gasteiger partial charge < -0.3 is 19.7 Å². The molecule has 0 aromatic carbocycles. The Morgan fingerprint density at radius 2 is 2.25 bits per heavy atom. The number of nitrogens with zero attached hydrogens (tertiary/aromatic N) is 2. The van der Waals surface area contributed by atoms with E-state index in [0.717, 1.165) is 62.9 Å². The number of aromatic nitrogens is 1. The normalized spacial score (nSPS) is 20.8. The van der Waals surface area contributed by atoms with Crippen LogP contribution < -0.4 is 5.32 Å². The second kappa shape index (κ2) is 10.3. The fraction of sp³-hybridized carbons (Fsp3) is 0.727. The van der Waals surface area contributed by atoms with Gasteiger partial charge in [0, 0.05) is 44.7 Å². The molecule has 0 spiro atoms. The Hall–Kier alpha value is -1.50. The zero-order valence-electron chi connectivity index (χ0n) is 17.6. The van der Waals surface area contributed by atoms with E-state index in [9.17, 15) is 4.79 Å². The molecule has 0 unspecified atom stereocenters. The van der Waals surface area contributed by atoms with Crippen LogP contribution in [0.1, 0.15) is 62.4 Å². The van der Waals surface area contributed by atoms with Crippen molar-refractivity contribution in [1.29, 1.82) is 0 Å². The van der Waals surface area contributed by atoms with E-state index in [-0.39, 0.29) is 18.1 Å². The van der Waals surface area contributed by atoms with Crippen molar-refractivity contribution in [2.45, 2.75) is 70.6 Å². The first-order chi connectivity index (χ1) is 13.7. The Bertz CT molecular complexity index is 642. The molecule has 1 aliphatic heterocycles. The Morgan fingerprint density at radius 1 is 1.43 bits per heavy atom. The molecule has 1 amide bonds. The van der Waals surface area contributed by atoms with Gasteiger partial charge in [0.1, 0.15) is 6.10 Å². The summed E-state index contributed by atoms with van der Waals surface area (Å²) in [6.07, 6.45) is 7.85. The van der Waals surface area contributed by atoms with Crippen LogP contribution in [0.2, 0.25) is 0 Å². The van der Waals surface area contributed by atoms with Crippen molar-refractivity contribution in [2.24, 2.45) is 0 Å². The van der Waals surface area contributed by atoms with Crippen LogP contribution >= 0.6 is 0 Å². The number of morpholine rings is 1. The minimum absolute atomic E-state index is 0.0154. The molecule has 1 aromatic heterocycles. The molecule has 0 bridgehead atoms. The molecular formula is C22H35N3O3. The lowest BCUT2D eigenvalue weighted by Crippen LogP contribution is -2.50. The van der Waals surface area contributed by atoms with Crippen molar-refractivity contribution in [3.05, 3.63) is 29.1 Å². The average Bonchev–Trinajstić information content (AvgIpc) is 3.56. The zero-order chi connectivity index (χ0) is 19.9. The summed E-state index contributed by atoms with van der Waals surface area (Å²) in [6, 6.07) is 2.62. The van der Waals surface area contributed by atoms with Crippen molar-refractivity contribution in [2.75, 3.05) is 33.4 Å². The SMILES string of the molecule is CCc1ncc([C@@H](C)N(C(=O)[C@H]2CNCCO2)C2CC2)cc1CCCCOC. The van der Waals surface area contributed by atoms with Gasteiger partial charge in [0.15, 0.2) is 0 Å². The number of nitrogens with one attached hydrogen (secondary N) is 1. The standard InChI is InChI=1S/C22H35N3O3/c1-4-20-17(7-5-6-11-27-3)13-18(14-24-20)16(2)25(19-8-9-19)22(26)21-15-23-10-12-28-21/h13-14,16,19,21,23H,4-12,15H2,1-3H3/t16-,21-/m1/s1. The van der Waals surface area contributed by atoms with Crippen LogP contribution in [0, 0.1) is 0 Å². The van der Waals surface area contributed by atoms with E-state index in [4.69, 9.17) is 14.5 Å². The molecule has 1 aliphatic carbocycles. The largest absolute Gasteiger partial charge is 0.385 e. The number of unbranched alkanes of at least 4 members (excludes halogenated alkanes) is 1. The monoisotopic (exact) mass is 389 g/mol. The highest BCUT2D eigenvalue weighted by Gasteiger charge is 2.40. The van der Waals surface area contributed by atoms with E-state index in [1.165, 1.54) is 5.56 Å². The summed E-state index contributed by atoms with van der Waals surface area (Å²) in [4.78, 5) is 20.0. The van der Waals surface area contributed by atoms with Crippen molar-refractivity contribution >= 4 is 5.91 Å². The Labute approximate surface area is 169 Å². The van der Waals surface area contributed by atoms with Crippen LogP contribution in [-0.4, -0.2) is 61.3 Å². The summed E-state index contributed by atoms with van der Waals surface area (Å²) in [5.74, 6) is 0.114. The van der Waals surface area contributed by atoms with Crippen molar-refractivity contribution in [3.63, 3.8) is 0 Å². The number of amides is 1. The van der Waals surface area contributed by atoms with Crippen LogP contribution in [0.5, 0.6) is 0 Å². The Balaban J connectivity index is 1.74. The smallest absolute Gasteiger partial charge is 0.253 e. The first-order valence-electron chi connectivity index (χ1n) is 10.8. The molecule has 1 saturated heterocycles. The third kappa shape index (κ3) is 5.31. The molecule has 156 valence electrons. The lowest BCUT2D eigenvalue weighted by Gasteiger charge is -2.34. The number of pyridine rings is 1. The highest BCUT2D eigenvalue weighted by atomic mass is 16.5. The summed E-state index contributed by atoms with van der Waals surface area (Å²) < 4.78 is 10.9. The van der Waals surface area contributed by atoms with Gasteiger partial charge in [-0.1, -0.05) is 13.0 Å². The number of hydrogen-bond donors (Lipinski definition) is 1. The van der Waals surface area contributed by atoms with Gasteiger partial charge in [-0.3, -0.25) is 9.78 Å². The first-order valence-corrected chi connectivity index (χ1v) is 10.8. The van der Waals surface area contributed by atoms with Crippen LogP contribution in [-0.2, 0) is 27.1 Å². The molecule has 1 N–H and O–H groups in total. The zero-order valence-corrected chi connectivity index (χ0v) is 17.6. The van der Waals surface area contributed by atoms with E-state index in [0.29, 0.717) is 19.2 Å². The van der Waals surface area contributed by atoms with E-state index in [1.807, 2.05) is 6.20 Å².